The van der Waals surface area contributed by atoms with Crippen molar-refractivity contribution in [2.75, 3.05) is 6.61 Å². The Morgan fingerprint density at radius 2 is 1.50 bits per heavy atom. The second-order valence-corrected chi connectivity index (χ2v) is 9.82. The molecule has 3 aliphatic carbocycles. The number of benzene rings is 2. The first-order valence-corrected chi connectivity index (χ1v) is 12.1. The van der Waals surface area contributed by atoms with Crippen LogP contribution in [0.5, 0.6) is 0 Å². The Morgan fingerprint density at radius 1 is 0.853 bits per heavy atom. The molecule has 3 N–H and O–H groups in total. The van der Waals surface area contributed by atoms with Crippen LogP contribution in [-0.2, 0) is 14.3 Å². The molecule has 0 heterocycles. The van der Waals surface area contributed by atoms with E-state index in [1.807, 2.05) is 24.3 Å². The molecule has 178 valence electrons. The fourth-order valence-corrected chi connectivity index (χ4v) is 5.68. The third-order valence-corrected chi connectivity index (χ3v) is 7.53. The minimum atomic E-state index is -0.788. The first-order valence-electron chi connectivity index (χ1n) is 12.1. The number of carboxylic acids is 1. The van der Waals surface area contributed by atoms with Crippen LogP contribution >= 0.6 is 0 Å². The van der Waals surface area contributed by atoms with Gasteiger partial charge in [0.05, 0.1) is 5.92 Å². The van der Waals surface area contributed by atoms with Crippen molar-refractivity contribution in [1.29, 1.82) is 0 Å². The van der Waals surface area contributed by atoms with E-state index in [2.05, 4.69) is 34.9 Å². The van der Waals surface area contributed by atoms with Crippen LogP contribution in [0.2, 0.25) is 0 Å². The van der Waals surface area contributed by atoms with E-state index in [9.17, 15) is 14.4 Å². The number of carbonyl (C=O) groups is 3. The van der Waals surface area contributed by atoms with E-state index in [0.29, 0.717) is 19.3 Å². The van der Waals surface area contributed by atoms with Gasteiger partial charge in [0.2, 0.25) is 5.91 Å². The van der Waals surface area contributed by atoms with E-state index in [0.717, 1.165) is 19.3 Å². The molecule has 5 rings (SSSR count). The number of aliphatic carboxylic acids is 1. The van der Waals surface area contributed by atoms with Crippen LogP contribution in [0.4, 0.5) is 4.79 Å². The van der Waals surface area contributed by atoms with Gasteiger partial charge in [0.1, 0.15) is 6.61 Å². The fourth-order valence-electron chi connectivity index (χ4n) is 5.68. The van der Waals surface area contributed by atoms with Gasteiger partial charge in [-0.3, -0.25) is 9.59 Å². The van der Waals surface area contributed by atoms with Crippen molar-refractivity contribution in [3.05, 3.63) is 59.7 Å². The lowest BCUT2D eigenvalue weighted by atomic mass is 9.80. The van der Waals surface area contributed by atoms with E-state index in [4.69, 9.17) is 9.84 Å². The molecule has 0 saturated heterocycles. The molecule has 7 nitrogen and oxygen atoms in total. The quantitative estimate of drug-likeness (QED) is 0.576. The highest BCUT2D eigenvalue weighted by Gasteiger charge is 2.36. The van der Waals surface area contributed by atoms with Crippen molar-refractivity contribution >= 4 is 18.0 Å². The van der Waals surface area contributed by atoms with Crippen LogP contribution in [0.25, 0.3) is 11.1 Å². The van der Waals surface area contributed by atoms with Gasteiger partial charge >= 0.3 is 12.1 Å². The Bertz CT molecular complexity index is 1050. The zero-order valence-electron chi connectivity index (χ0n) is 19.0. The minimum absolute atomic E-state index is 0.00791. The van der Waals surface area contributed by atoms with Crippen LogP contribution < -0.4 is 10.6 Å². The lowest BCUT2D eigenvalue weighted by molar-refractivity contribution is -0.146. The van der Waals surface area contributed by atoms with Crippen molar-refractivity contribution in [2.24, 2.45) is 11.8 Å². The summed E-state index contributed by atoms with van der Waals surface area (Å²) in [5.41, 5.74) is 4.77. The van der Waals surface area contributed by atoms with Gasteiger partial charge in [0.25, 0.3) is 0 Å². The summed E-state index contributed by atoms with van der Waals surface area (Å²) in [6.07, 6.45) is 3.48. The van der Waals surface area contributed by atoms with Crippen molar-refractivity contribution in [3.8, 4) is 11.1 Å². The largest absolute Gasteiger partial charge is 0.481 e. The maximum atomic E-state index is 12.5. The summed E-state index contributed by atoms with van der Waals surface area (Å²) in [5.74, 6) is -0.897. The van der Waals surface area contributed by atoms with Crippen LogP contribution in [0.1, 0.15) is 55.6 Å². The molecule has 0 aromatic heterocycles. The monoisotopic (exact) mass is 462 g/mol. The van der Waals surface area contributed by atoms with Crippen LogP contribution in [0, 0.1) is 11.8 Å². The van der Waals surface area contributed by atoms with Crippen molar-refractivity contribution in [3.63, 3.8) is 0 Å². The average molecular weight is 463 g/mol. The van der Waals surface area contributed by atoms with Gasteiger partial charge in [0, 0.05) is 24.4 Å². The Hall–Kier alpha value is -3.35. The summed E-state index contributed by atoms with van der Waals surface area (Å²) in [7, 11) is 0. The molecule has 2 amide bonds. The summed E-state index contributed by atoms with van der Waals surface area (Å²) in [6.45, 7) is 0.289. The Balaban J connectivity index is 1.07. The van der Waals surface area contributed by atoms with Crippen molar-refractivity contribution in [1.82, 2.24) is 10.6 Å². The predicted molar refractivity (Wildman–Crippen MR) is 126 cm³/mol. The summed E-state index contributed by atoms with van der Waals surface area (Å²) < 4.78 is 5.64. The average Bonchev–Trinajstić information content (AvgIpc) is 3.36. The molecule has 2 saturated carbocycles. The van der Waals surface area contributed by atoms with Gasteiger partial charge in [-0.25, -0.2) is 4.79 Å². The second kappa shape index (κ2) is 9.49. The second-order valence-electron chi connectivity index (χ2n) is 9.82. The molecule has 0 aliphatic heterocycles. The van der Waals surface area contributed by atoms with Crippen LogP contribution in [0.15, 0.2) is 48.5 Å². The van der Waals surface area contributed by atoms with Gasteiger partial charge in [-0.2, -0.15) is 0 Å². The van der Waals surface area contributed by atoms with E-state index < -0.39 is 12.1 Å². The summed E-state index contributed by atoms with van der Waals surface area (Å²) in [4.78, 5) is 35.7. The molecule has 0 radical (unpaired) electrons. The van der Waals surface area contributed by atoms with E-state index in [1.165, 1.54) is 22.3 Å². The first-order chi connectivity index (χ1) is 16.5. The Labute approximate surface area is 198 Å². The van der Waals surface area contributed by atoms with E-state index in [-0.39, 0.29) is 42.4 Å². The van der Waals surface area contributed by atoms with Gasteiger partial charge in [-0.1, -0.05) is 48.5 Å². The normalized spacial score (nSPS) is 25.1. The van der Waals surface area contributed by atoms with Gasteiger partial charge in [-0.05, 0) is 60.3 Å². The number of carbonyl (C=O) groups excluding carboxylic acids is 2. The lowest BCUT2D eigenvalue weighted by Crippen LogP contribution is -2.47. The number of nitrogens with one attached hydrogen (secondary N) is 2. The zero-order valence-corrected chi connectivity index (χ0v) is 19.0. The molecule has 0 spiro atoms. The predicted octanol–water partition coefficient (Wildman–Crippen LogP) is 4.06. The van der Waals surface area contributed by atoms with Gasteiger partial charge < -0.3 is 20.5 Å². The van der Waals surface area contributed by atoms with Gasteiger partial charge in [-0.15, -0.1) is 0 Å². The number of fused-ring (bicyclic) bond motifs is 3. The number of rotatable bonds is 7. The standard InChI is InChI=1S/C27H30N2O5/c30-25(28-19-13-17(14-19)26(31)32)12-16-9-10-18(11-16)29-27(33)34-15-24-22-7-3-1-5-20(22)21-6-2-4-8-23(21)24/h1-8,16-19,24H,9-15H2,(H,28,30)(H,29,33)(H,31,32). The Kier molecular flexibility index (Phi) is 6.26. The van der Waals surface area contributed by atoms with Crippen molar-refractivity contribution in [2.45, 2.75) is 56.5 Å². The number of hydrogen-bond acceptors (Lipinski definition) is 4. The van der Waals surface area contributed by atoms with Gasteiger partial charge in [0.15, 0.2) is 0 Å². The third kappa shape index (κ3) is 4.65. The molecule has 2 aromatic rings. The smallest absolute Gasteiger partial charge is 0.407 e. The summed E-state index contributed by atoms with van der Waals surface area (Å²) in [6, 6.07) is 16.5. The maximum absolute atomic E-state index is 12.5. The molecule has 3 aliphatic rings. The lowest BCUT2D eigenvalue weighted by Gasteiger charge is -2.33. The zero-order chi connectivity index (χ0) is 23.7. The molecule has 34 heavy (non-hydrogen) atoms. The highest BCUT2D eigenvalue weighted by molar-refractivity contribution is 5.79. The number of ether oxygens (including phenoxy) is 1. The SMILES string of the molecule is O=C(CC1CCC(NC(=O)OCC2c3ccccc3-c3ccccc32)C1)NC1CC(C(=O)O)C1. The molecular formula is C27H30N2O5. The molecule has 2 aromatic carbocycles. The van der Waals surface area contributed by atoms with E-state index in [1.54, 1.807) is 0 Å². The summed E-state index contributed by atoms with van der Waals surface area (Å²) in [5, 5.41) is 14.9. The van der Waals surface area contributed by atoms with Crippen LogP contribution in [-0.4, -0.2) is 41.8 Å². The number of carboxylic acid groups (broad SMARTS) is 1. The van der Waals surface area contributed by atoms with Crippen molar-refractivity contribution < 1.29 is 24.2 Å². The van der Waals surface area contributed by atoms with E-state index >= 15 is 0 Å². The number of alkyl carbamates (subject to hydrolysis) is 1. The maximum Gasteiger partial charge on any atom is 0.407 e. The molecule has 2 atom stereocenters. The molecule has 0 bridgehead atoms. The highest BCUT2D eigenvalue weighted by atomic mass is 16.5. The minimum Gasteiger partial charge on any atom is -0.481 e. The third-order valence-electron chi connectivity index (χ3n) is 7.53. The van der Waals surface area contributed by atoms with Crippen LogP contribution in [0.3, 0.4) is 0 Å². The highest BCUT2D eigenvalue weighted by Crippen LogP contribution is 2.44. The Morgan fingerprint density at radius 3 is 2.15 bits per heavy atom. The molecule has 2 unspecified atom stereocenters. The molecular weight excluding hydrogens is 432 g/mol. The fraction of sp³-hybridized carbons (Fsp3) is 0.444. The number of hydrogen-bond donors (Lipinski definition) is 3. The summed E-state index contributed by atoms with van der Waals surface area (Å²) >= 11 is 0. The number of amides is 2. The topological polar surface area (TPSA) is 105 Å². The first kappa shape index (κ1) is 22.4. The molecule has 2 fully saturated rings. The molecule has 7 heteroatoms.